The van der Waals surface area contributed by atoms with Crippen LogP contribution in [0.25, 0.3) is 0 Å². The Hall–Kier alpha value is -0.410. The van der Waals surface area contributed by atoms with Gasteiger partial charge in [-0.2, -0.15) is 0 Å². The molecule has 0 bridgehead atoms. The average molecular weight is 266 g/mol. The molecule has 0 atom stereocenters. The molecule has 0 aromatic carbocycles. The lowest BCUT2D eigenvalue weighted by Gasteiger charge is -2.18. The van der Waals surface area contributed by atoms with Gasteiger partial charge < -0.3 is 5.32 Å². The van der Waals surface area contributed by atoms with E-state index >= 15 is 0 Å². The molecule has 1 aromatic heterocycles. The quantitative estimate of drug-likeness (QED) is 0.832. The molecular formula is C15H26N2S. The van der Waals surface area contributed by atoms with Crippen molar-refractivity contribution >= 4 is 11.3 Å². The number of hydrogen-bond donors (Lipinski definition) is 1. The van der Waals surface area contributed by atoms with Gasteiger partial charge in [0.1, 0.15) is 0 Å². The van der Waals surface area contributed by atoms with Crippen molar-refractivity contribution in [2.45, 2.75) is 71.3 Å². The first kappa shape index (κ1) is 14.0. The first-order valence-corrected chi connectivity index (χ1v) is 8.36. The van der Waals surface area contributed by atoms with E-state index < -0.39 is 0 Å². The summed E-state index contributed by atoms with van der Waals surface area (Å²) in [6.07, 6.45) is 9.29. The van der Waals surface area contributed by atoms with Crippen molar-refractivity contribution in [2.24, 2.45) is 0 Å². The van der Waals surface area contributed by atoms with Gasteiger partial charge in [-0.1, -0.05) is 39.5 Å². The van der Waals surface area contributed by atoms with Gasteiger partial charge in [-0.15, -0.1) is 11.3 Å². The molecular weight excluding hydrogens is 240 g/mol. The van der Waals surface area contributed by atoms with Crippen molar-refractivity contribution in [3.63, 3.8) is 0 Å². The number of nitrogens with zero attached hydrogens (tertiary/aromatic N) is 1. The fraction of sp³-hybridized carbons (Fsp3) is 0.800. The van der Waals surface area contributed by atoms with E-state index in [1.165, 1.54) is 54.1 Å². The van der Waals surface area contributed by atoms with Crippen LogP contribution < -0.4 is 5.32 Å². The lowest BCUT2D eigenvalue weighted by atomic mass is 9.90. The van der Waals surface area contributed by atoms with Crippen molar-refractivity contribution in [3.05, 3.63) is 15.6 Å². The molecule has 3 heteroatoms. The number of aromatic nitrogens is 1. The Morgan fingerprint density at radius 2 is 2.00 bits per heavy atom. The van der Waals surface area contributed by atoms with Crippen LogP contribution >= 0.6 is 11.3 Å². The molecule has 1 fully saturated rings. The molecule has 0 aliphatic heterocycles. The largest absolute Gasteiger partial charge is 0.312 e. The zero-order valence-corrected chi connectivity index (χ0v) is 12.6. The topological polar surface area (TPSA) is 24.9 Å². The van der Waals surface area contributed by atoms with Gasteiger partial charge in [0.25, 0.3) is 0 Å². The summed E-state index contributed by atoms with van der Waals surface area (Å²) >= 11 is 1.97. The second-order valence-corrected chi connectivity index (χ2v) is 6.40. The minimum absolute atomic E-state index is 0.759. The van der Waals surface area contributed by atoms with E-state index in [-0.39, 0.29) is 0 Å². The Kier molecular flexibility index (Phi) is 5.64. The molecule has 102 valence electrons. The van der Waals surface area contributed by atoms with Gasteiger partial charge in [0.15, 0.2) is 0 Å². The van der Waals surface area contributed by atoms with Gasteiger partial charge in [-0.25, -0.2) is 4.98 Å². The highest BCUT2D eigenvalue weighted by Crippen LogP contribution is 2.36. The zero-order chi connectivity index (χ0) is 12.8. The maximum absolute atomic E-state index is 4.96. The van der Waals surface area contributed by atoms with Gasteiger partial charge >= 0.3 is 0 Å². The summed E-state index contributed by atoms with van der Waals surface area (Å²) in [5, 5.41) is 4.87. The standard InChI is InChI=1S/C15H26N2S/c1-3-8-13-14(11-16-4-2)18-15(17-13)12-9-6-5-7-10-12/h12,16H,3-11H2,1-2H3. The van der Waals surface area contributed by atoms with Crippen LogP contribution in [0.2, 0.25) is 0 Å². The number of aryl methyl sites for hydroxylation is 1. The first-order valence-electron chi connectivity index (χ1n) is 7.54. The zero-order valence-electron chi connectivity index (χ0n) is 11.8. The van der Waals surface area contributed by atoms with Crippen molar-refractivity contribution in [1.29, 1.82) is 0 Å². The van der Waals surface area contributed by atoms with Crippen LogP contribution in [-0.4, -0.2) is 11.5 Å². The number of rotatable bonds is 6. The smallest absolute Gasteiger partial charge is 0.0962 e. The highest BCUT2D eigenvalue weighted by molar-refractivity contribution is 7.11. The molecule has 1 aliphatic rings. The number of nitrogens with one attached hydrogen (secondary N) is 1. The summed E-state index contributed by atoms with van der Waals surface area (Å²) in [5.74, 6) is 0.759. The van der Waals surface area contributed by atoms with E-state index in [4.69, 9.17) is 4.98 Å². The normalized spacial score (nSPS) is 17.2. The van der Waals surface area contributed by atoms with E-state index in [1.807, 2.05) is 11.3 Å². The van der Waals surface area contributed by atoms with E-state index in [0.717, 1.165) is 25.4 Å². The molecule has 0 saturated heterocycles. The molecule has 0 radical (unpaired) electrons. The second-order valence-electron chi connectivity index (χ2n) is 5.29. The molecule has 2 rings (SSSR count). The summed E-state index contributed by atoms with van der Waals surface area (Å²) < 4.78 is 0. The minimum atomic E-state index is 0.759. The van der Waals surface area contributed by atoms with Crippen molar-refractivity contribution < 1.29 is 0 Å². The van der Waals surface area contributed by atoms with E-state index in [2.05, 4.69) is 19.2 Å². The van der Waals surface area contributed by atoms with Gasteiger partial charge in [0, 0.05) is 17.3 Å². The molecule has 0 amide bonds. The highest BCUT2D eigenvalue weighted by atomic mass is 32.1. The fourth-order valence-corrected chi connectivity index (χ4v) is 3.99. The Bertz CT molecular complexity index is 353. The van der Waals surface area contributed by atoms with Gasteiger partial charge in [0.05, 0.1) is 10.7 Å². The number of hydrogen-bond acceptors (Lipinski definition) is 3. The van der Waals surface area contributed by atoms with E-state index in [9.17, 15) is 0 Å². The summed E-state index contributed by atoms with van der Waals surface area (Å²) in [5.41, 5.74) is 1.36. The molecule has 1 N–H and O–H groups in total. The van der Waals surface area contributed by atoms with Gasteiger partial charge in [0.2, 0.25) is 0 Å². The summed E-state index contributed by atoms with van der Waals surface area (Å²) in [6, 6.07) is 0. The van der Waals surface area contributed by atoms with Crippen LogP contribution in [0, 0.1) is 0 Å². The van der Waals surface area contributed by atoms with E-state index in [0.29, 0.717) is 0 Å². The molecule has 18 heavy (non-hydrogen) atoms. The van der Waals surface area contributed by atoms with Gasteiger partial charge in [-0.05, 0) is 25.8 Å². The Morgan fingerprint density at radius 3 is 2.67 bits per heavy atom. The van der Waals surface area contributed by atoms with Gasteiger partial charge in [-0.3, -0.25) is 0 Å². The van der Waals surface area contributed by atoms with Crippen LogP contribution in [0.1, 0.15) is 73.9 Å². The third-order valence-electron chi connectivity index (χ3n) is 3.77. The summed E-state index contributed by atoms with van der Waals surface area (Å²) in [7, 11) is 0. The fourth-order valence-electron chi connectivity index (χ4n) is 2.74. The highest BCUT2D eigenvalue weighted by Gasteiger charge is 2.20. The third-order valence-corrected chi connectivity index (χ3v) is 5.03. The lowest BCUT2D eigenvalue weighted by molar-refractivity contribution is 0.442. The molecule has 1 aromatic rings. The Labute approximate surface area is 115 Å². The van der Waals surface area contributed by atoms with Crippen LogP contribution in [0.4, 0.5) is 0 Å². The minimum Gasteiger partial charge on any atom is -0.312 e. The summed E-state index contributed by atoms with van der Waals surface area (Å²) in [6.45, 7) is 6.47. The molecule has 2 nitrogen and oxygen atoms in total. The molecule has 0 spiro atoms. The lowest BCUT2D eigenvalue weighted by Crippen LogP contribution is -2.11. The van der Waals surface area contributed by atoms with Crippen molar-refractivity contribution in [1.82, 2.24) is 10.3 Å². The van der Waals surface area contributed by atoms with Crippen molar-refractivity contribution in [3.8, 4) is 0 Å². The SMILES string of the molecule is CCCc1nc(C2CCCCC2)sc1CNCC. The monoisotopic (exact) mass is 266 g/mol. The summed E-state index contributed by atoms with van der Waals surface area (Å²) in [4.78, 5) is 6.44. The van der Waals surface area contributed by atoms with Crippen molar-refractivity contribution in [2.75, 3.05) is 6.54 Å². The average Bonchev–Trinajstić information content (AvgIpc) is 2.81. The Balaban J connectivity index is 2.09. The molecule has 1 saturated carbocycles. The van der Waals surface area contributed by atoms with Crippen LogP contribution in [-0.2, 0) is 13.0 Å². The molecule has 1 aliphatic carbocycles. The third kappa shape index (κ3) is 3.55. The van der Waals surface area contributed by atoms with Crippen LogP contribution in [0.5, 0.6) is 0 Å². The second kappa shape index (κ2) is 7.25. The van der Waals surface area contributed by atoms with Crippen LogP contribution in [0.3, 0.4) is 0 Å². The first-order chi connectivity index (χ1) is 8.85. The predicted molar refractivity (Wildman–Crippen MR) is 79.3 cm³/mol. The molecule has 1 heterocycles. The Morgan fingerprint density at radius 1 is 1.22 bits per heavy atom. The van der Waals surface area contributed by atoms with Crippen LogP contribution in [0.15, 0.2) is 0 Å². The number of thiazole rings is 1. The maximum Gasteiger partial charge on any atom is 0.0962 e. The molecule has 0 unspecified atom stereocenters. The van der Waals surface area contributed by atoms with E-state index in [1.54, 1.807) is 0 Å². The maximum atomic E-state index is 4.96. The predicted octanol–water partition coefficient (Wildman–Crippen LogP) is 4.25.